The lowest BCUT2D eigenvalue weighted by atomic mass is 10.0. The number of rotatable bonds is 7. The second-order valence-electron chi connectivity index (χ2n) is 6.90. The number of nitrogens with two attached hydrogens (primary N) is 1. The van der Waals surface area contributed by atoms with Crippen molar-refractivity contribution >= 4 is 17.5 Å². The third-order valence-electron chi connectivity index (χ3n) is 4.96. The predicted molar refractivity (Wildman–Crippen MR) is 113 cm³/mol. The van der Waals surface area contributed by atoms with Crippen LogP contribution in [-0.4, -0.2) is 36.3 Å². The maximum atomic E-state index is 13.0. The zero-order valence-corrected chi connectivity index (χ0v) is 16.9. The highest BCUT2D eigenvalue weighted by molar-refractivity contribution is 6.03. The summed E-state index contributed by atoms with van der Waals surface area (Å²) in [5.74, 6) is 0.607. The Hall–Kier alpha value is -4.07. The predicted octanol–water partition coefficient (Wildman–Crippen LogP) is 3.14. The maximum absolute atomic E-state index is 13.0. The van der Waals surface area contributed by atoms with Gasteiger partial charge in [0.05, 0.1) is 24.6 Å². The number of hydrazone groups is 1. The van der Waals surface area contributed by atoms with Crippen LogP contribution in [-0.2, 0) is 4.79 Å². The minimum absolute atomic E-state index is 0.210. The molecule has 1 atom stereocenters. The van der Waals surface area contributed by atoms with Crippen molar-refractivity contribution in [3.05, 3.63) is 83.8 Å². The van der Waals surface area contributed by atoms with Gasteiger partial charge in [-0.25, -0.2) is 5.01 Å². The van der Waals surface area contributed by atoms with Gasteiger partial charge in [0.1, 0.15) is 23.3 Å². The Morgan fingerprint density at radius 2 is 1.90 bits per heavy atom. The summed E-state index contributed by atoms with van der Waals surface area (Å²) in [7, 11) is 1.60. The molecule has 2 heterocycles. The first-order chi connectivity index (χ1) is 15.1. The van der Waals surface area contributed by atoms with Crippen molar-refractivity contribution in [2.75, 3.05) is 13.7 Å². The van der Waals surface area contributed by atoms with E-state index < -0.39 is 11.9 Å². The van der Waals surface area contributed by atoms with E-state index in [-0.39, 0.29) is 23.8 Å². The lowest BCUT2D eigenvalue weighted by Crippen LogP contribution is -2.31. The molecule has 0 unspecified atom stereocenters. The number of benzene rings is 2. The average Bonchev–Trinajstić information content (AvgIpc) is 3.47. The smallest absolute Gasteiger partial charge is 0.281 e. The first-order valence-corrected chi connectivity index (χ1v) is 9.66. The van der Waals surface area contributed by atoms with Crippen LogP contribution in [0.2, 0.25) is 0 Å². The molecule has 1 aliphatic rings. The summed E-state index contributed by atoms with van der Waals surface area (Å²) < 4.78 is 16.3. The van der Waals surface area contributed by atoms with Gasteiger partial charge >= 0.3 is 0 Å². The molecule has 4 rings (SSSR count). The van der Waals surface area contributed by atoms with Crippen LogP contribution in [0.1, 0.15) is 34.1 Å². The summed E-state index contributed by atoms with van der Waals surface area (Å²) in [4.78, 5) is 24.6. The lowest BCUT2D eigenvalue weighted by molar-refractivity contribution is -0.135. The molecule has 0 spiro atoms. The highest BCUT2D eigenvalue weighted by Gasteiger charge is 2.35. The van der Waals surface area contributed by atoms with E-state index >= 15 is 0 Å². The van der Waals surface area contributed by atoms with E-state index in [1.165, 1.54) is 5.01 Å². The summed E-state index contributed by atoms with van der Waals surface area (Å²) in [6, 6.07) is 17.2. The zero-order chi connectivity index (χ0) is 21.8. The topological polar surface area (TPSA) is 107 Å². The Kier molecular flexibility index (Phi) is 5.70. The number of hydrogen-bond donors (Lipinski definition) is 1. The third-order valence-corrected chi connectivity index (χ3v) is 4.96. The average molecular weight is 419 g/mol. The number of carbonyl (C=O) groups is 2. The molecule has 31 heavy (non-hydrogen) atoms. The zero-order valence-electron chi connectivity index (χ0n) is 16.9. The number of carbonyl (C=O) groups excluding carboxylic acids is 2. The molecule has 0 bridgehead atoms. The molecular formula is C23H21N3O5. The van der Waals surface area contributed by atoms with Crippen molar-refractivity contribution in [3.8, 4) is 11.5 Å². The molecule has 0 saturated carbocycles. The molecule has 8 nitrogen and oxygen atoms in total. The number of hydrogen-bond acceptors (Lipinski definition) is 6. The summed E-state index contributed by atoms with van der Waals surface area (Å²) in [5.41, 5.74) is 7.21. The molecule has 2 amide bonds. The fourth-order valence-electron chi connectivity index (χ4n) is 3.40. The van der Waals surface area contributed by atoms with Crippen LogP contribution in [0.3, 0.4) is 0 Å². The van der Waals surface area contributed by atoms with E-state index in [1.54, 1.807) is 49.8 Å². The van der Waals surface area contributed by atoms with Crippen LogP contribution in [0.25, 0.3) is 0 Å². The van der Waals surface area contributed by atoms with E-state index in [0.717, 1.165) is 17.0 Å². The molecular weight excluding hydrogens is 398 g/mol. The van der Waals surface area contributed by atoms with Gasteiger partial charge in [-0.05, 0) is 54.1 Å². The minimum atomic E-state index is -0.627. The van der Waals surface area contributed by atoms with Gasteiger partial charge in [-0.3, -0.25) is 9.59 Å². The second kappa shape index (κ2) is 8.74. The molecule has 0 aliphatic carbocycles. The first-order valence-electron chi connectivity index (χ1n) is 9.66. The van der Waals surface area contributed by atoms with Gasteiger partial charge in [0.2, 0.25) is 0 Å². The summed E-state index contributed by atoms with van der Waals surface area (Å²) in [6.45, 7) is -0.305. The van der Waals surface area contributed by atoms with Crippen molar-refractivity contribution in [2.24, 2.45) is 10.8 Å². The van der Waals surface area contributed by atoms with E-state index in [9.17, 15) is 9.59 Å². The van der Waals surface area contributed by atoms with Crippen molar-refractivity contribution in [1.82, 2.24) is 5.01 Å². The Morgan fingerprint density at radius 3 is 2.58 bits per heavy atom. The number of methoxy groups -OCH3 is 1. The van der Waals surface area contributed by atoms with Gasteiger partial charge in [-0.15, -0.1) is 0 Å². The summed E-state index contributed by atoms with van der Waals surface area (Å²) >= 11 is 0. The minimum Gasteiger partial charge on any atom is -0.497 e. The molecule has 0 saturated heterocycles. The van der Waals surface area contributed by atoms with Crippen LogP contribution in [0.5, 0.6) is 11.5 Å². The molecule has 0 radical (unpaired) electrons. The van der Waals surface area contributed by atoms with Gasteiger partial charge in [0.25, 0.3) is 11.8 Å². The van der Waals surface area contributed by atoms with Crippen LogP contribution in [0.4, 0.5) is 0 Å². The maximum Gasteiger partial charge on any atom is 0.281 e. The number of furan rings is 1. The highest BCUT2D eigenvalue weighted by Crippen LogP contribution is 2.33. The number of ether oxygens (including phenoxy) is 2. The molecule has 8 heteroatoms. The molecule has 2 aromatic carbocycles. The van der Waals surface area contributed by atoms with Gasteiger partial charge in [-0.1, -0.05) is 12.1 Å². The molecule has 158 valence electrons. The van der Waals surface area contributed by atoms with E-state index in [0.29, 0.717) is 12.2 Å². The van der Waals surface area contributed by atoms with Crippen molar-refractivity contribution in [2.45, 2.75) is 12.5 Å². The normalized spacial score (nSPS) is 15.5. The van der Waals surface area contributed by atoms with Gasteiger partial charge < -0.3 is 19.6 Å². The van der Waals surface area contributed by atoms with Crippen molar-refractivity contribution in [1.29, 1.82) is 0 Å². The van der Waals surface area contributed by atoms with Crippen LogP contribution >= 0.6 is 0 Å². The third kappa shape index (κ3) is 4.28. The number of para-hydroxylation sites is 1. The Morgan fingerprint density at radius 1 is 1.13 bits per heavy atom. The van der Waals surface area contributed by atoms with Gasteiger partial charge in [-0.2, -0.15) is 5.10 Å². The fourth-order valence-corrected chi connectivity index (χ4v) is 3.40. The number of nitrogens with zero attached hydrogens (tertiary/aromatic N) is 2. The number of primary amides is 1. The van der Waals surface area contributed by atoms with Crippen molar-refractivity contribution in [3.63, 3.8) is 0 Å². The fraction of sp³-hybridized carbons (Fsp3) is 0.174. The van der Waals surface area contributed by atoms with Crippen LogP contribution in [0, 0.1) is 0 Å². The van der Waals surface area contributed by atoms with Crippen LogP contribution in [0.15, 0.2) is 76.4 Å². The molecule has 1 aromatic heterocycles. The molecule has 1 aliphatic heterocycles. The van der Waals surface area contributed by atoms with Crippen molar-refractivity contribution < 1.29 is 23.5 Å². The highest BCUT2D eigenvalue weighted by atomic mass is 16.5. The SMILES string of the molecule is COc1ccc(C2=NN(C(=O)COc3ccccc3C(N)=O)[C@H](c3ccco3)C2)cc1. The lowest BCUT2D eigenvalue weighted by Gasteiger charge is -2.20. The quantitative estimate of drug-likeness (QED) is 0.633. The molecule has 2 N–H and O–H groups in total. The monoisotopic (exact) mass is 419 g/mol. The molecule has 3 aromatic rings. The van der Waals surface area contributed by atoms with Gasteiger partial charge in [0, 0.05) is 6.42 Å². The summed E-state index contributed by atoms with van der Waals surface area (Å²) in [5, 5.41) is 5.92. The first kappa shape index (κ1) is 20.2. The Labute approximate surface area is 178 Å². The van der Waals surface area contributed by atoms with E-state index in [2.05, 4.69) is 5.10 Å². The van der Waals surface area contributed by atoms with E-state index in [1.807, 2.05) is 24.3 Å². The Balaban J connectivity index is 1.56. The Bertz CT molecular complexity index is 1110. The largest absolute Gasteiger partial charge is 0.497 e. The summed E-state index contributed by atoms with van der Waals surface area (Å²) in [6.07, 6.45) is 2.05. The molecule has 0 fully saturated rings. The second-order valence-corrected chi connectivity index (χ2v) is 6.90. The van der Waals surface area contributed by atoms with Crippen LogP contribution < -0.4 is 15.2 Å². The number of amides is 2. The standard InChI is InChI=1S/C23H21N3O5/c1-29-16-10-8-15(9-11-16)18-13-19(21-7-4-12-30-21)26(25-18)22(27)14-31-20-6-3-2-5-17(20)23(24)28/h2-12,19H,13-14H2,1H3,(H2,24,28)/t19-/m0/s1. The van der Waals surface area contributed by atoms with Gasteiger partial charge in [0.15, 0.2) is 6.61 Å². The van der Waals surface area contributed by atoms with E-state index in [4.69, 9.17) is 19.6 Å².